The molecule has 21 heavy (non-hydrogen) atoms. The van der Waals surface area contributed by atoms with E-state index in [-0.39, 0.29) is 18.3 Å². The summed E-state index contributed by atoms with van der Waals surface area (Å²) >= 11 is 3.10. The summed E-state index contributed by atoms with van der Waals surface area (Å²) < 4.78 is 13.8. The number of carbonyl (C=O) groups excluding carboxylic acids is 1. The molecule has 2 heterocycles. The number of benzene rings is 1. The molecule has 1 aromatic heterocycles. The van der Waals surface area contributed by atoms with Gasteiger partial charge in [-0.3, -0.25) is 9.89 Å². The van der Waals surface area contributed by atoms with Gasteiger partial charge in [-0.15, -0.1) is 0 Å². The van der Waals surface area contributed by atoms with Crippen molar-refractivity contribution in [1.29, 1.82) is 0 Å². The average Bonchev–Trinajstić information content (AvgIpc) is 2.92. The number of rotatable bonds is 3. The summed E-state index contributed by atoms with van der Waals surface area (Å²) in [5.41, 5.74) is 3.04. The second-order valence-electron chi connectivity index (χ2n) is 4.89. The fraction of sp³-hybridized carbons (Fsp3) is 0.286. The number of carbonyl (C=O) groups is 1. The summed E-state index contributed by atoms with van der Waals surface area (Å²) in [5.74, 6) is -0.595. The molecule has 0 saturated heterocycles. The number of hydrogen-bond donors (Lipinski definition) is 3. The second kappa shape index (κ2) is 5.95. The van der Waals surface area contributed by atoms with E-state index in [1.54, 1.807) is 12.1 Å². The minimum Gasteiger partial charge on any atom is -0.347 e. The van der Waals surface area contributed by atoms with Gasteiger partial charge in [0.15, 0.2) is 5.69 Å². The van der Waals surface area contributed by atoms with Crippen LogP contribution in [0.1, 0.15) is 27.3 Å². The Kier molecular flexibility index (Phi) is 4.03. The first-order valence-electron chi connectivity index (χ1n) is 6.64. The number of halogens is 2. The normalized spacial score (nSPS) is 13.8. The van der Waals surface area contributed by atoms with E-state index in [4.69, 9.17) is 0 Å². The maximum atomic E-state index is 13.4. The molecule has 7 heteroatoms. The lowest BCUT2D eigenvalue weighted by Gasteiger charge is -2.12. The fourth-order valence-electron chi connectivity index (χ4n) is 2.33. The molecule has 5 nitrogen and oxygen atoms in total. The Balaban J connectivity index is 1.69. The number of fused-ring (bicyclic) bond motifs is 1. The Bertz CT molecular complexity index is 686. The van der Waals surface area contributed by atoms with Crippen LogP contribution in [0.5, 0.6) is 0 Å². The molecular weight excluding hydrogens is 339 g/mol. The summed E-state index contributed by atoms with van der Waals surface area (Å²) in [7, 11) is 0. The van der Waals surface area contributed by atoms with Gasteiger partial charge in [-0.1, -0.05) is 6.07 Å². The van der Waals surface area contributed by atoms with E-state index >= 15 is 0 Å². The van der Waals surface area contributed by atoms with Crippen LogP contribution in [-0.2, 0) is 19.5 Å². The predicted octanol–water partition coefficient (Wildman–Crippen LogP) is 1.89. The summed E-state index contributed by atoms with van der Waals surface area (Å²) in [6.45, 7) is 1.79. The molecule has 0 bridgehead atoms. The van der Waals surface area contributed by atoms with Gasteiger partial charge < -0.3 is 10.6 Å². The molecule has 110 valence electrons. The van der Waals surface area contributed by atoms with E-state index in [1.807, 2.05) is 0 Å². The van der Waals surface area contributed by atoms with Crippen LogP contribution in [0.3, 0.4) is 0 Å². The minimum absolute atomic E-state index is 0.250. The standard InChI is InChI=1S/C14H14BrFN4O/c15-10-2-1-8(5-11(10)16)6-18-14(21)13-9-7-17-4-3-12(9)19-20-13/h1-2,5,17H,3-4,6-7H2,(H,18,21)(H,19,20). The van der Waals surface area contributed by atoms with E-state index in [2.05, 4.69) is 36.8 Å². The van der Waals surface area contributed by atoms with Crippen LogP contribution >= 0.6 is 15.9 Å². The van der Waals surface area contributed by atoms with Gasteiger partial charge in [0.2, 0.25) is 0 Å². The quantitative estimate of drug-likeness (QED) is 0.789. The van der Waals surface area contributed by atoms with Gasteiger partial charge in [0.25, 0.3) is 5.91 Å². The predicted molar refractivity (Wildman–Crippen MR) is 79.3 cm³/mol. The molecule has 0 radical (unpaired) electrons. The van der Waals surface area contributed by atoms with Crippen LogP contribution in [0.25, 0.3) is 0 Å². The lowest BCUT2D eigenvalue weighted by Crippen LogP contribution is -2.28. The largest absolute Gasteiger partial charge is 0.347 e. The van der Waals surface area contributed by atoms with Gasteiger partial charge >= 0.3 is 0 Å². The van der Waals surface area contributed by atoms with Crippen LogP contribution in [-0.4, -0.2) is 22.6 Å². The van der Waals surface area contributed by atoms with Crippen LogP contribution in [0.2, 0.25) is 0 Å². The molecule has 0 fully saturated rings. The minimum atomic E-state index is -0.344. The third-order valence-electron chi connectivity index (χ3n) is 3.46. The molecule has 2 aromatic rings. The first-order valence-corrected chi connectivity index (χ1v) is 7.43. The van der Waals surface area contributed by atoms with Gasteiger partial charge in [0.05, 0.1) is 4.47 Å². The SMILES string of the molecule is O=C(NCc1ccc(Br)c(F)c1)c1n[nH]c2c1CNCC2. The van der Waals surface area contributed by atoms with Crippen LogP contribution < -0.4 is 10.6 Å². The number of amides is 1. The van der Waals surface area contributed by atoms with E-state index in [1.165, 1.54) is 6.07 Å². The molecular formula is C14H14BrFN4O. The number of aromatic amines is 1. The molecule has 1 aliphatic rings. The number of aromatic nitrogens is 2. The van der Waals surface area contributed by atoms with Crippen molar-refractivity contribution in [1.82, 2.24) is 20.8 Å². The highest BCUT2D eigenvalue weighted by Gasteiger charge is 2.21. The maximum absolute atomic E-state index is 13.4. The van der Waals surface area contributed by atoms with Crippen molar-refractivity contribution in [2.75, 3.05) is 6.54 Å². The highest BCUT2D eigenvalue weighted by atomic mass is 79.9. The Hall–Kier alpha value is -1.73. The van der Waals surface area contributed by atoms with Crippen LogP contribution in [0.4, 0.5) is 4.39 Å². The highest BCUT2D eigenvalue weighted by Crippen LogP contribution is 2.17. The maximum Gasteiger partial charge on any atom is 0.272 e. The van der Waals surface area contributed by atoms with E-state index < -0.39 is 0 Å². The zero-order valence-corrected chi connectivity index (χ0v) is 12.8. The van der Waals surface area contributed by atoms with E-state index in [0.29, 0.717) is 22.3 Å². The molecule has 1 amide bonds. The lowest BCUT2D eigenvalue weighted by atomic mass is 10.1. The van der Waals surface area contributed by atoms with Gasteiger partial charge in [-0.25, -0.2) is 4.39 Å². The Labute approximate surface area is 129 Å². The van der Waals surface area contributed by atoms with Crippen molar-refractivity contribution in [2.45, 2.75) is 19.5 Å². The van der Waals surface area contributed by atoms with Crippen LogP contribution in [0, 0.1) is 5.82 Å². The average molecular weight is 353 g/mol. The molecule has 1 aliphatic heterocycles. The van der Waals surface area contributed by atoms with Crippen molar-refractivity contribution >= 4 is 21.8 Å². The molecule has 3 rings (SSSR count). The third-order valence-corrected chi connectivity index (χ3v) is 4.10. The highest BCUT2D eigenvalue weighted by molar-refractivity contribution is 9.10. The van der Waals surface area contributed by atoms with Crippen molar-refractivity contribution in [3.05, 3.63) is 51.0 Å². The molecule has 0 unspecified atom stereocenters. The smallest absolute Gasteiger partial charge is 0.272 e. The monoisotopic (exact) mass is 352 g/mol. The first-order chi connectivity index (χ1) is 10.1. The van der Waals surface area contributed by atoms with Gasteiger partial charge in [-0.05, 0) is 33.6 Å². The zero-order valence-electron chi connectivity index (χ0n) is 11.2. The molecule has 0 spiro atoms. The molecule has 3 N–H and O–H groups in total. The van der Waals surface area contributed by atoms with Crippen molar-refractivity contribution in [3.63, 3.8) is 0 Å². The van der Waals surface area contributed by atoms with Gasteiger partial charge in [0, 0.05) is 37.3 Å². The third kappa shape index (κ3) is 2.98. The summed E-state index contributed by atoms with van der Waals surface area (Å²) in [4.78, 5) is 12.2. The van der Waals surface area contributed by atoms with Gasteiger partial charge in [0.1, 0.15) is 5.82 Å². The molecule has 1 aromatic carbocycles. The van der Waals surface area contributed by atoms with Crippen molar-refractivity contribution < 1.29 is 9.18 Å². The number of nitrogens with zero attached hydrogens (tertiary/aromatic N) is 1. The summed E-state index contributed by atoms with van der Waals surface area (Å²) in [6, 6.07) is 4.78. The molecule has 0 aliphatic carbocycles. The fourth-order valence-corrected chi connectivity index (χ4v) is 2.58. The first kappa shape index (κ1) is 14.2. The second-order valence-corrected chi connectivity index (χ2v) is 5.74. The Morgan fingerprint density at radius 1 is 1.48 bits per heavy atom. The Morgan fingerprint density at radius 3 is 3.14 bits per heavy atom. The summed E-state index contributed by atoms with van der Waals surface area (Å²) in [6.07, 6.45) is 0.841. The zero-order chi connectivity index (χ0) is 14.8. The van der Waals surface area contributed by atoms with Gasteiger partial charge in [-0.2, -0.15) is 5.10 Å². The Morgan fingerprint density at radius 2 is 2.33 bits per heavy atom. The lowest BCUT2D eigenvalue weighted by molar-refractivity contribution is 0.0944. The van der Waals surface area contributed by atoms with E-state index in [0.717, 1.165) is 24.2 Å². The molecule has 0 saturated carbocycles. The van der Waals surface area contributed by atoms with Crippen LogP contribution in [0.15, 0.2) is 22.7 Å². The summed E-state index contributed by atoms with van der Waals surface area (Å²) in [5, 5.41) is 13.0. The van der Waals surface area contributed by atoms with E-state index in [9.17, 15) is 9.18 Å². The number of H-pyrrole nitrogens is 1. The van der Waals surface area contributed by atoms with Crippen molar-refractivity contribution in [2.24, 2.45) is 0 Å². The topological polar surface area (TPSA) is 69.8 Å². The number of nitrogens with one attached hydrogen (secondary N) is 3. The molecule has 0 atom stereocenters. The number of hydrogen-bond acceptors (Lipinski definition) is 3. The van der Waals surface area contributed by atoms with Crippen molar-refractivity contribution in [3.8, 4) is 0 Å².